The van der Waals surface area contributed by atoms with Gasteiger partial charge in [0.15, 0.2) is 0 Å². The average Bonchev–Trinajstić information content (AvgIpc) is 3.44. The van der Waals surface area contributed by atoms with Crippen molar-refractivity contribution in [2.45, 2.75) is 32.4 Å². The van der Waals surface area contributed by atoms with Crippen LogP contribution in [0.2, 0.25) is 0 Å². The lowest BCUT2D eigenvalue weighted by atomic mass is 9.92. The summed E-state index contributed by atoms with van der Waals surface area (Å²) >= 11 is 0. The van der Waals surface area contributed by atoms with Crippen molar-refractivity contribution in [2.24, 2.45) is 5.92 Å². The van der Waals surface area contributed by atoms with E-state index in [1.165, 1.54) is 12.4 Å². The van der Waals surface area contributed by atoms with Gasteiger partial charge in [0.1, 0.15) is 5.82 Å². The summed E-state index contributed by atoms with van der Waals surface area (Å²) in [5.41, 5.74) is 7.54. The lowest BCUT2D eigenvalue weighted by Crippen LogP contribution is -2.46. The van der Waals surface area contributed by atoms with Gasteiger partial charge in [0.05, 0.1) is 47.3 Å². The first-order chi connectivity index (χ1) is 15.3. The number of nitrogens with zero attached hydrogens (tertiary/aromatic N) is 6. The number of hydrogen-bond acceptors (Lipinski definition) is 7. The molecule has 4 heterocycles. The maximum absolute atomic E-state index is 13.2. The number of nitrogens with two attached hydrogens (primary N) is 1. The number of aromatic amines is 1. The van der Waals surface area contributed by atoms with Gasteiger partial charge in [0.2, 0.25) is 0 Å². The Morgan fingerprint density at radius 2 is 2.12 bits per heavy atom. The van der Waals surface area contributed by atoms with Crippen LogP contribution in [0.4, 0.5) is 11.5 Å². The number of rotatable bonds is 5. The molecule has 0 unspecified atom stereocenters. The molecule has 1 saturated heterocycles. The molecule has 0 aliphatic carbocycles. The molecule has 32 heavy (non-hydrogen) atoms. The molecular weight excluding hydrogens is 410 g/mol. The smallest absolute Gasteiger partial charge is 0.314 e. The Balaban J connectivity index is 1.52. The number of carbonyl (C=O) groups is 2. The second-order valence-electron chi connectivity index (χ2n) is 8.63. The SMILES string of the molecule is C[C@H]1CC[C@H](c2ccn(CCN(C)C)n2)N(C(=O)C(=O)Nc2cnc(N)c3cn[nH]c23)C1. The fourth-order valence-corrected chi connectivity index (χ4v) is 4.02. The van der Waals surface area contributed by atoms with Crippen LogP contribution >= 0.6 is 0 Å². The molecule has 2 atom stereocenters. The summed E-state index contributed by atoms with van der Waals surface area (Å²) in [5, 5.41) is 14.7. The minimum atomic E-state index is -0.724. The monoisotopic (exact) mass is 439 g/mol. The van der Waals surface area contributed by atoms with Crippen LogP contribution in [0.1, 0.15) is 31.5 Å². The van der Waals surface area contributed by atoms with E-state index in [0.717, 1.165) is 31.6 Å². The van der Waals surface area contributed by atoms with Crippen molar-refractivity contribution in [3.63, 3.8) is 0 Å². The highest BCUT2D eigenvalue weighted by atomic mass is 16.2. The third-order valence-corrected chi connectivity index (χ3v) is 5.82. The average molecular weight is 440 g/mol. The summed E-state index contributed by atoms with van der Waals surface area (Å²) in [6.07, 6.45) is 6.61. The van der Waals surface area contributed by atoms with Crippen molar-refractivity contribution in [3.8, 4) is 0 Å². The zero-order chi connectivity index (χ0) is 22.8. The standard InChI is InChI=1S/C21H29N9O2/c1-13-4-5-17(15-6-7-29(27-15)9-8-28(2)3)30(12-13)21(32)20(31)25-16-11-23-19(22)14-10-24-26-18(14)16/h6-7,10-11,13,17H,4-5,8-9,12H2,1-3H3,(H2,22,23)(H,24,26)(H,25,31)/t13-,17+/m0/s1. The predicted molar refractivity (Wildman–Crippen MR) is 121 cm³/mol. The molecule has 4 N–H and O–H groups in total. The molecule has 0 aromatic carbocycles. The summed E-state index contributed by atoms with van der Waals surface area (Å²) < 4.78 is 1.88. The lowest BCUT2D eigenvalue weighted by molar-refractivity contribution is -0.146. The van der Waals surface area contributed by atoms with Crippen LogP contribution in [-0.4, -0.2) is 73.8 Å². The molecule has 1 fully saturated rings. The molecule has 11 heteroatoms. The Kier molecular flexibility index (Phi) is 6.08. The fraction of sp³-hybridized carbons (Fsp3) is 0.476. The quantitative estimate of drug-likeness (QED) is 0.508. The van der Waals surface area contributed by atoms with E-state index >= 15 is 0 Å². The molecule has 0 bridgehead atoms. The third-order valence-electron chi connectivity index (χ3n) is 5.82. The van der Waals surface area contributed by atoms with Crippen LogP contribution in [0.5, 0.6) is 0 Å². The molecule has 1 aliphatic rings. The Labute approximate surface area is 186 Å². The van der Waals surface area contributed by atoms with Crippen LogP contribution in [0.25, 0.3) is 10.9 Å². The van der Waals surface area contributed by atoms with Crippen molar-refractivity contribution in [2.75, 3.05) is 38.2 Å². The Morgan fingerprint density at radius 3 is 2.91 bits per heavy atom. The summed E-state index contributed by atoms with van der Waals surface area (Å²) in [5.74, 6) is -0.711. The summed E-state index contributed by atoms with van der Waals surface area (Å²) in [6, 6.07) is 1.70. The van der Waals surface area contributed by atoms with E-state index in [-0.39, 0.29) is 6.04 Å². The van der Waals surface area contributed by atoms with Crippen LogP contribution in [0.3, 0.4) is 0 Å². The van der Waals surface area contributed by atoms with Crippen molar-refractivity contribution in [1.29, 1.82) is 0 Å². The second-order valence-corrected chi connectivity index (χ2v) is 8.63. The molecule has 3 aromatic heterocycles. The zero-order valence-corrected chi connectivity index (χ0v) is 18.6. The first-order valence-corrected chi connectivity index (χ1v) is 10.7. The zero-order valence-electron chi connectivity index (χ0n) is 18.6. The number of anilines is 2. The molecule has 3 aromatic rings. The first-order valence-electron chi connectivity index (χ1n) is 10.7. The number of piperidine rings is 1. The Morgan fingerprint density at radius 1 is 1.31 bits per heavy atom. The van der Waals surface area contributed by atoms with Gasteiger partial charge >= 0.3 is 11.8 Å². The number of likely N-dealkylation sites (tertiary alicyclic amines) is 1. The van der Waals surface area contributed by atoms with E-state index in [9.17, 15) is 9.59 Å². The normalized spacial score (nSPS) is 18.9. The maximum atomic E-state index is 13.2. The predicted octanol–water partition coefficient (Wildman–Crippen LogP) is 1.24. The minimum absolute atomic E-state index is 0.234. The van der Waals surface area contributed by atoms with Crippen molar-refractivity contribution < 1.29 is 9.59 Å². The highest BCUT2D eigenvalue weighted by Crippen LogP contribution is 2.33. The number of likely N-dealkylation sites (N-methyl/N-ethyl adjacent to an activating group) is 1. The molecule has 0 radical (unpaired) electrons. The molecule has 11 nitrogen and oxygen atoms in total. The molecule has 0 spiro atoms. The number of pyridine rings is 1. The molecule has 4 rings (SSSR count). The van der Waals surface area contributed by atoms with Crippen molar-refractivity contribution >= 4 is 34.2 Å². The highest BCUT2D eigenvalue weighted by Gasteiger charge is 2.35. The van der Waals surface area contributed by atoms with E-state index in [4.69, 9.17) is 5.73 Å². The van der Waals surface area contributed by atoms with Crippen LogP contribution in [0.15, 0.2) is 24.7 Å². The van der Waals surface area contributed by atoms with Crippen molar-refractivity contribution in [3.05, 3.63) is 30.4 Å². The number of H-pyrrole nitrogens is 1. The maximum Gasteiger partial charge on any atom is 0.314 e. The molecule has 2 amide bonds. The molecular formula is C21H29N9O2. The number of hydrogen-bond donors (Lipinski definition) is 3. The Bertz CT molecular complexity index is 1120. The second kappa shape index (κ2) is 8.95. The topological polar surface area (TPSA) is 138 Å². The van der Waals surface area contributed by atoms with Gasteiger partial charge in [-0.25, -0.2) is 4.98 Å². The molecule has 170 valence electrons. The van der Waals surface area contributed by atoms with Crippen LogP contribution in [-0.2, 0) is 16.1 Å². The van der Waals surface area contributed by atoms with Gasteiger partial charge in [0.25, 0.3) is 0 Å². The van der Waals surface area contributed by atoms with E-state index < -0.39 is 11.8 Å². The van der Waals surface area contributed by atoms with Crippen LogP contribution in [0, 0.1) is 5.92 Å². The number of nitrogen functional groups attached to an aromatic ring is 1. The Hall–Kier alpha value is -3.47. The number of amides is 2. The largest absolute Gasteiger partial charge is 0.383 e. The van der Waals surface area contributed by atoms with E-state index in [1.54, 1.807) is 4.90 Å². The number of aromatic nitrogens is 5. The van der Waals surface area contributed by atoms with Gasteiger partial charge in [0, 0.05) is 19.3 Å². The van der Waals surface area contributed by atoms with Gasteiger partial charge in [-0.3, -0.25) is 19.4 Å². The number of fused-ring (bicyclic) bond motifs is 1. The van der Waals surface area contributed by atoms with Crippen LogP contribution < -0.4 is 11.1 Å². The first kappa shape index (κ1) is 21.8. The van der Waals surface area contributed by atoms with Gasteiger partial charge in [-0.15, -0.1) is 0 Å². The van der Waals surface area contributed by atoms with E-state index in [2.05, 4.69) is 37.4 Å². The van der Waals surface area contributed by atoms with Crippen molar-refractivity contribution in [1.82, 2.24) is 34.8 Å². The van der Waals surface area contributed by atoms with Gasteiger partial charge in [-0.1, -0.05) is 6.92 Å². The molecule has 1 aliphatic heterocycles. The molecule has 0 saturated carbocycles. The van der Waals surface area contributed by atoms with Gasteiger partial charge in [-0.2, -0.15) is 10.2 Å². The minimum Gasteiger partial charge on any atom is -0.383 e. The summed E-state index contributed by atoms with van der Waals surface area (Å²) in [7, 11) is 4.03. The summed E-state index contributed by atoms with van der Waals surface area (Å²) in [4.78, 5) is 33.9. The van der Waals surface area contributed by atoms with E-state index in [1.807, 2.05) is 31.0 Å². The highest BCUT2D eigenvalue weighted by molar-refractivity contribution is 6.40. The summed E-state index contributed by atoms with van der Waals surface area (Å²) in [6.45, 7) is 4.21. The number of nitrogens with one attached hydrogen (secondary N) is 2. The lowest BCUT2D eigenvalue weighted by Gasteiger charge is -2.37. The third kappa shape index (κ3) is 4.42. The van der Waals surface area contributed by atoms with Gasteiger partial charge in [-0.05, 0) is 38.9 Å². The fourth-order valence-electron chi connectivity index (χ4n) is 4.02. The number of carbonyl (C=O) groups excluding carboxylic acids is 2. The van der Waals surface area contributed by atoms with E-state index in [0.29, 0.717) is 34.9 Å². The van der Waals surface area contributed by atoms with Gasteiger partial charge < -0.3 is 20.9 Å².